The minimum atomic E-state index is 0.714. The number of hydrogen-bond acceptors (Lipinski definition) is 2. The van der Waals surface area contributed by atoms with Crippen molar-refractivity contribution in [2.75, 3.05) is 26.2 Å². The summed E-state index contributed by atoms with van der Waals surface area (Å²) in [5.74, 6) is 0.714. The number of piperidine rings is 1. The molecule has 0 spiro atoms. The summed E-state index contributed by atoms with van der Waals surface area (Å²) in [6.45, 7) is 8.80. The van der Waals surface area contributed by atoms with E-state index in [-0.39, 0.29) is 0 Å². The van der Waals surface area contributed by atoms with Crippen molar-refractivity contribution < 1.29 is 0 Å². The van der Waals surface area contributed by atoms with Crippen LogP contribution in [0.1, 0.15) is 41.9 Å². The average molecular weight is 322 g/mol. The molecule has 0 atom stereocenters. The Bertz CT molecular complexity index is 652. The molecule has 24 heavy (non-hydrogen) atoms. The minimum absolute atomic E-state index is 0.714. The fraction of sp³-hybridized carbons (Fsp3) is 0.455. The Morgan fingerprint density at radius 1 is 0.958 bits per heavy atom. The van der Waals surface area contributed by atoms with Gasteiger partial charge in [-0.2, -0.15) is 0 Å². The van der Waals surface area contributed by atoms with Gasteiger partial charge in [-0.3, -0.25) is 0 Å². The summed E-state index contributed by atoms with van der Waals surface area (Å²) in [6.07, 6.45) is 3.67. The van der Waals surface area contributed by atoms with Crippen LogP contribution in [0.5, 0.6) is 0 Å². The number of aryl methyl sites for hydroxylation is 2. The number of nitrogens with zero attached hydrogens (tertiary/aromatic N) is 1. The number of benzene rings is 2. The Morgan fingerprint density at radius 2 is 1.62 bits per heavy atom. The van der Waals surface area contributed by atoms with Crippen LogP contribution in [-0.2, 0) is 0 Å². The Hall–Kier alpha value is -1.64. The highest BCUT2D eigenvalue weighted by molar-refractivity contribution is 5.65. The SMILES string of the molecule is Cc1ccc(-c2ccc(C3CCN(CCCN)CC3)c(C)c2)cc1. The highest BCUT2D eigenvalue weighted by atomic mass is 15.1. The molecule has 0 bridgehead atoms. The molecule has 1 saturated heterocycles. The van der Waals surface area contributed by atoms with E-state index < -0.39 is 0 Å². The van der Waals surface area contributed by atoms with Crippen LogP contribution in [0.4, 0.5) is 0 Å². The summed E-state index contributed by atoms with van der Waals surface area (Å²) in [4.78, 5) is 2.57. The molecule has 0 radical (unpaired) electrons. The quantitative estimate of drug-likeness (QED) is 0.878. The fourth-order valence-electron chi connectivity index (χ4n) is 3.84. The topological polar surface area (TPSA) is 29.3 Å². The maximum absolute atomic E-state index is 5.63. The molecule has 0 saturated carbocycles. The highest BCUT2D eigenvalue weighted by Gasteiger charge is 2.21. The van der Waals surface area contributed by atoms with Crippen LogP contribution < -0.4 is 5.73 Å². The smallest absolute Gasteiger partial charge is 0.000671 e. The van der Waals surface area contributed by atoms with Crippen molar-refractivity contribution in [3.05, 3.63) is 59.2 Å². The minimum Gasteiger partial charge on any atom is -0.330 e. The van der Waals surface area contributed by atoms with Crippen LogP contribution >= 0.6 is 0 Å². The van der Waals surface area contributed by atoms with Crippen LogP contribution in [0, 0.1) is 13.8 Å². The molecule has 1 fully saturated rings. The molecule has 2 aromatic rings. The summed E-state index contributed by atoms with van der Waals surface area (Å²) in [5.41, 5.74) is 12.6. The Kier molecular flexibility index (Phi) is 5.70. The van der Waals surface area contributed by atoms with Gasteiger partial charge in [0.15, 0.2) is 0 Å². The van der Waals surface area contributed by atoms with E-state index in [2.05, 4.69) is 61.2 Å². The number of rotatable bonds is 5. The molecular weight excluding hydrogens is 292 g/mol. The lowest BCUT2D eigenvalue weighted by atomic mass is 9.85. The molecule has 1 aliphatic heterocycles. The van der Waals surface area contributed by atoms with Gasteiger partial charge in [0.1, 0.15) is 0 Å². The first kappa shape index (κ1) is 17.2. The van der Waals surface area contributed by atoms with E-state index in [4.69, 9.17) is 5.73 Å². The Balaban J connectivity index is 1.68. The molecule has 2 N–H and O–H groups in total. The van der Waals surface area contributed by atoms with Crippen LogP contribution in [-0.4, -0.2) is 31.1 Å². The number of hydrogen-bond donors (Lipinski definition) is 1. The van der Waals surface area contributed by atoms with Crippen molar-refractivity contribution in [1.82, 2.24) is 4.90 Å². The number of nitrogens with two attached hydrogens (primary N) is 1. The molecule has 2 heteroatoms. The molecular formula is C22H30N2. The number of likely N-dealkylation sites (tertiary alicyclic amines) is 1. The molecule has 2 nitrogen and oxygen atoms in total. The molecule has 2 aromatic carbocycles. The summed E-state index contributed by atoms with van der Waals surface area (Å²) in [7, 11) is 0. The van der Waals surface area contributed by atoms with Gasteiger partial charge in [-0.25, -0.2) is 0 Å². The lowest BCUT2D eigenvalue weighted by Crippen LogP contribution is -2.34. The van der Waals surface area contributed by atoms with E-state index in [0.717, 1.165) is 19.5 Å². The standard InChI is InChI=1S/C22H30N2/c1-17-4-6-19(7-5-17)21-8-9-22(18(2)16-21)20-10-14-24(15-11-20)13-3-12-23/h4-9,16,20H,3,10-15,23H2,1-2H3. The van der Waals surface area contributed by atoms with Crippen LogP contribution in [0.25, 0.3) is 11.1 Å². The van der Waals surface area contributed by atoms with E-state index >= 15 is 0 Å². The second kappa shape index (κ2) is 7.96. The van der Waals surface area contributed by atoms with E-state index in [1.54, 1.807) is 5.56 Å². The predicted octanol–water partition coefficient (Wildman–Crippen LogP) is 4.50. The van der Waals surface area contributed by atoms with Crippen molar-refractivity contribution in [2.45, 2.75) is 39.0 Å². The molecule has 1 heterocycles. The first-order chi connectivity index (χ1) is 11.7. The first-order valence-electron chi connectivity index (χ1n) is 9.27. The lowest BCUT2D eigenvalue weighted by Gasteiger charge is -2.32. The molecule has 0 amide bonds. The zero-order valence-electron chi connectivity index (χ0n) is 15.1. The predicted molar refractivity (Wildman–Crippen MR) is 103 cm³/mol. The van der Waals surface area contributed by atoms with Gasteiger partial charge >= 0.3 is 0 Å². The second-order valence-corrected chi connectivity index (χ2v) is 7.20. The molecule has 3 rings (SSSR count). The van der Waals surface area contributed by atoms with Gasteiger partial charge in [-0.05, 0) is 87.5 Å². The maximum Gasteiger partial charge on any atom is -0.000671 e. The van der Waals surface area contributed by atoms with E-state index in [9.17, 15) is 0 Å². The Morgan fingerprint density at radius 3 is 2.25 bits per heavy atom. The van der Waals surface area contributed by atoms with Crippen molar-refractivity contribution >= 4 is 0 Å². The summed E-state index contributed by atoms with van der Waals surface area (Å²) in [5, 5.41) is 0. The van der Waals surface area contributed by atoms with Gasteiger partial charge < -0.3 is 10.6 Å². The van der Waals surface area contributed by atoms with Gasteiger partial charge in [0.25, 0.3) is 0 Å². The third kappa shape index (κ3) is 4.06. The molecule has 0 aromatic heterocycles. The van der Waals surface area contributed by atoms with Gasteiger partial charge in [-0.1, -0.05) is 48.0 Å². The first-order valence-corrected chi connectivity index (χ1v) is 9.27. The summed E-state index contributed by atoms with van der Waals surface area (Å²) in [6, 6.07) is 15.9. The van der Waals surface area contributed by atoms with E-state index in [1.807, 2.05) is 0 Å². The zero-order chi connectivity index (χ0) is 16.9. The third-order valence-electron chi connectivity index (χ3n) is 5.36. The van der Waals surface area contributed by atoms with Gasteiger partial charge in [-0.15, -0.1) is 0 Å². The van der Waals surface area contributed by atoms with Crippen LogP contribution in [0.2, 0.25) is 0 Å². The van der Waals surface area contributed by atoms with E-state index in [1.165, 1.54) is 48.2 Å². The fourth-order valence-corrected chi connectivity index (χ4v) is 3.84. The van der Waals surface area contributed by atoms with Crippen molar-refractivity contribution in [1.29, 1.82) is 0 Å². The Labute approximate surface area is 146 Å². The van der Waals surface area contributed by atoms with Gasteiger partial charge in [0.2, 0.25) is 0 Å². The van der Waals surface area contributed by atoms with E-state index in [0.29, 0.717) is 5.92 Å². The largest absolute Gasteiger partial charge is 0.330 e. The van der Waals surface area contributed by atoms with Gasteiger partial charge in [0.05, 0.1) is 0 Å². The van der Waals surface area contributed by atoms with Crippen LogP contribution in [0.15, 0.2) is 42.5 Å². The van der Waals surface area contributed by atoms with Crippen LogP contribution in [0.3, 0.4) is 0 Å². The third-order valence-corrected chi connectivity index (χ3v) is 5.36. The van der Waals surface area contributed by atoms with Crippen molar-refractivity contribution in [3.63, 3.8) is 0 Å². The maximum atomic E-state index is 5.63. The highest BCUT2D eigenvalue weighted by Crippen LogP contribution is 2.32. The molecule has 0 aliphatic carbocycles. The van der Waals surface area contributed by atoms with Crippen molar-refractivity contribution in [2.24, 2.45) is 5.73 Å². The molecule has 128 valence electrons. The van der Waals surface area contributed by atoms with Gasteiger partial charge in [0, 0.05) is 0 Å². The monoisotopic (exact) mass is 322 g/mol. The normalized spacial score (nSPS) is 16.5. The molecule has 0 unspecified atom stereocenters. The lowest BCUT2D eigenvalue weighted by molar-refractivity contribution is 0.211. The molecule has 1 aliphatic rings. The average Bonchev–Trinajstić information content (AvgIpc) is 2.61. The second-order valence-electron chi connectivity index (χ2n) is 7.20. The van der Waals surface area contributed by atoms with Crippen molar-refractivity contribution in [3.8, 4) is 11.1 Å². The summed E-state index contributed by atoms with van der Waals surface area (Å²) < 4.78 is 0. The zero-order valence-corrected chi connectivity index (χ0v) is 15.1. The summed E-state index contributed by atoms with van der Waals surface area (Å²) >= 11 is 0.